The quantitative estimate of drug-likeness (QED) is 0.373. The van der Waals surface area contributed by atoms with E-state index in [0.717, 1.165) is 16.5 Å². The number of carbonyl (C=O) groups is 1. The number of fused-ring (bicyclic) bond motifs is 1. The fraction of sp³-hybridized carbons (Fsp3) is 0.167. The fourth-order valence-electron chi connectivity index (χ4n) is 2.90. The monoisotopic (exact) mass is 397 g/mol. The molecule has 1 aromatic heterocycles. The second-order valence-electron chi connectivity index (χ2n) is 5.47. The van der Waals surface area contributed by atoms with E-state index in [4.69, 9.17) is 4.74 Å². The number of aromatic nitrogens is 1. The van der Waals surface area contributed by atoms with Crippen LogP contribution in [0.1, 0.15) is 22.0 Å². The summed E-state index contributed by atoms with van der Waals surface area (Å²) >= 11 is 3.47. The van der Waals surface area contributed by atoms with Crippen molar-refractivity contribution in [3.8, 4) is 5.75 Å². The van der Waals surface area contributed by atoms with E-state index in [0.29, 0.717) is 16.6 Å². The van der Waals surface area contributed by atoms with E-state index in [1.54, 1.807) is 38.0 Å². The van der Waals surface area contributed by atoms with Crippen molar-refractivity contribution in [2.45, 2.75) is 6.04 Å². The molecule has 0 aliphatic heterocycles. The lowest BCUT2D eigenvalue weighted by atomic mass is 10.1. The molecule has 3 aromatic rings. The summed E-state index contributed by atoms with van der Waals surface area (Å²) < 4.78 is 7.30. The van der Waals surface area contributed by atoms with Crippen LogP contribution in [0.3, 0.4) is 0 Å². The molecule has 126 valence electrons. The number of rotatable bonds is 5. The zero-order valence-electron chi connectivity index (χ0n) is 14.0. The second kappa shape index (κ2) is 7.65. The van der Waals surface area contributed by atoms with Crippen LogP contribution in [0.4, 0.5) is 0 Å². The van der Waals surface area contributed by atoms with Gasteiger partial charge in [-0.2, -0.15) is 0 Å². The number of ether oxygens (including phenoxy) is 1. The van der Waals surface area contributed by atoms with Crippen LogP contribution < -0.4 is 4.74 Å². The van der Waals surface area contributed by atoms with Crippen molar-refractivity contribution in [2.24, 2.45) is 10.1 Å². The summed E-state index contributed by atoms with van der Waals surface area (Å²) in [5.74, 6) is 0.544. The molecule has 0 saturated carbocycles. The van der Waals surface area contributed by atoms with Crippen LogP contribution in [0.25, 0.3) is 10.9 Å². The van der Waals surface area contributed by atoms with E-state index in [2.05, 4.69) is 26.1 Å². The van der Waals surface area contributed by atoms with Gasteiger partial charge in [-0.1, -0.05) is 46.3 Å². The molecule has 0 saturated heterocycles. The first-order chi connectivity index (χ1) is 12.2. The molecule has 1 atom stereocenters. The molecule has 2 aromatic carbocycles. The van der Waals surface area contributed by atoms with Gasteiger partial charge >= 0.3 is 0 Å². The van der Waals surface area contributed by atoms with Crippen LogP contribution in [0.5, 0.6) is 5.75 Å². The molecule has 5 nitrogen and oxygen atoms in total. The standard InChI is InChI=1S/C18H17BBrN3O2/c1-25-17-14(15(11-20)21-22-19)8-7-12-9-10-23(16(12)17)18(24)13-5-3-2-4-6-13/h2-10,15H,11,19H2,1H3. The maximum Gasteiger partial charge on any atom is 0.273 e. The highest BCUT2D eigenvalue weighted by Gasteiger charge is 2.21. The number of hydrogen-bond acceptors (Lipinski definition) is 4. The molecule has 1 unspecified atom stereocenters. The van der Waals surface area contributed by atoms with E-state index in [-0.39, 0.29) is 11.9 Å². The Hall–Kier alpha value is -2.41. The van der Waals surface area contributed by atoms with Gasteiger partial charge in [-0.15, -0.1) is 0 Å². The molecule has 0 spiro atoms. The normalized spacial score (nSPS) is 12.6. The van der Waals surface area contributed by atoms with Gasteiger partial charge in [0.15, 0.2) is 0 Å². The van der Waals surface area contributed by atoms with Crippen LogP contribution in [0, 0.1) is 0 Å². The number of halogens is 1. The number of hydrogen-bond donors (Lipinski definition) is 0. The Bertz CT molecular complexity index is 925. The summed E-state index contributed by atoms with van der Waals surface area (Å²) in [4.78, 5) is 12.9. The SMILES string of the molecule is BN=NC(CBr)c1ccc2ccn(C(=O)c3ccccc3)c2c1OC. The van der Waals surface area contributed by atoms with Crippen molar-refractivity contribution < 1.29 is 9.53 Å². The van der Waals surface area contributed by atoms with Crippen molar-refractivity contribution in [1.29, 1.82) is 0 Å². The Kier molecular flexibility index (Phi) is 5.33. The van der Waals surface area contributed by atoms with Crippen LogP contribution in [0.2, 0.25) is 0 Å². The highest BCUT2D eigenvalue weighted by molar-refractivity contribution is 9.09. The zero-order valence-corrected chi connectivity index (χ0v) is 15.6. The van der Waals surface area contributed by atoms with Gasteiger partial charge in [0, 0.05) is 28.0 Å². The second-order valence-corrected chi connectivity index (χ2v) is 6.12. The van der Waals surface area contributed by atoms with E-state index < -0.39 is 0 Å². The van der Waals surface area contributed by atoms with Gasteiger partial charge in [-0.3, -0.25) is 14.4 Å². The molecule has 0 amide bonds. The number of methoxy groups -OCH3 is 1. The molecule has 0 aliphatic carbocycles. The average Bonchev–Trinajstić information content (AvgIpc) is 3.09. The summed E-state index contributed by atoms with van der Waals surface area (Å²) in [5, 5.41) is 9.69. The number of benzene rings is 2. The molecule has 0 fully saturated rings. The Morgan fingerprint density at radius 3 is 2.64 bits per heavy atom. The molecule has 0 N–H and O–H groups in total. The molecule has 1 heterocycles. The van der Waals surface area contributed by atoms with E-state index >= 15 is 0 Å². The molecule has 3 rings (SSSR count). The van der Waals surface area contributed by atoms with Gasteiger partial charge in [0.25, 0.3) is 13.9 Å². The van der Waals surface area contributed by atoms with Crippen LogP contribution in [0.15, 0.2) is 64.9 Å². The molecule has 0 radical (unpaired) electrons. The predicted molar refractivity (Wildman–Crippen MR) is 105 cm³/mol. The molecule has 0 aliphatic rings. The largest absolute Gasteiger partial charge is 0.494 e. The van der Waals surface area contributed by atoms with Crippen molar-refractivity contribution in [3.63, 3.8) is 0 Å². The maximum atomic E-state index is 12.9. The van der Waals surface area contributed by atoms with Gasteiger partial charge in [0.2, 0.25) is 0 Å². The topological polar surface area (TPSA) is 56.0 Å². The fourth-order valence-corrected chi connectivity index (χ4v) is 3.37. The van der Waals surface area contributed by atoms with Gasteiger partial charge in [0.05, 0.1) is 12.6 Å². The summed E-state index contributed by atoms with van der Waals surface area (Å²) in [6.45, 7) is 0. The summed E-state index contributed by atoms with van der Waals surface area (Å²) in [5.41, 5.74) is 2.25. The van der Waals surface area contributed by atoms with Gasteiger partial charge < -0.3 is 4.74 Å². The third-order valence-corrected chi connectivity index (χ3v) is 4.65. The van der Waals surface area contributed by atoms with Crippen LogP contribution >= 0.6 is 15.9 Å². The Labute approximate surface area is 155 Å². The molecular formula is C18H17BBrN3O2. The predicted octanol–water partition coefficient (Wildman–Crippen LogP) is 3.77. The molecule has 7 heteroatoms. The Morgan fingerprint density at radius 1 is 1.24 bits per heavy atom. The first-order valence-corrected chi connectivity index (χ1v) is 8.96. The minimum absolute atomic E-state index is 0.0986. The minimum Gasteiger partial charge on any atom is -0.494 e. The van der Waals surface area contributed by atoms with Crippen molar-refractivity contribution in [1.82, 2.24) is 4.57 Å². The smallest absolute Gasteiger partial charge is 0.273 e. The minimum atomic E-state index is -0.181. The summed E-state index contributed by atoms with van der Waals surface area (Å²) in [7, 11) is 3.25. The third-order valence-electron chi connectivity index (χ3n) is 4.04. The van der Waals surface area contributed by atoms with E-state index in [9.17, 15) is 4.79 Å². The van der Waals surface area contributed by atoms with Gasteiger partial charge in [-0.25, -0.2) is 5.11 Å². The summed E-state index contributed by atoms with van der Waals surface area (Å²) in [6.07, 6.45) is 1.77. The molecular weight excluding hydrogens is 381 g/mol. The summed E-state index contributed by atoms with van der Waals surface area (Å²) in [6, 6.07) is 14.9. The average molecular weight is 398 g/mol. The number of carbonyl (C=O) groups excluding carboxylic acids is 1. The lowest BCUT2D eigenvalue weighted by Crippen LogP contribution is -2.12. The van der Waals surface area contributed by atoms with Crippen LogP contribution in [-0.2, 0) is 0 Å². The molecule has 25 heavy (non-hydrogen) atoms. The van der Waals surface area contributed by atoms with Gasteiger partial charge in [0.1, 0.15) is 11.8 Å². The Morgan fingerprint density at radius 2 is 2.00 bits per heavy atom. The number of nitrogens with zero attached hydrogens (tertiary/aromatic N) is 3. The number of alkyl halides is 1. The first-order valence-electron chi connectivity index (χ1n) is 7.83. The van der Waals surface area contributed by atoms with Crippen molar-refractivity contribution >= 4 is 40.7 Å². The lowest BCUT2D eigenvalue weighted by Gasteiger charge is -2.16. The molecule has 0 bridgehead atoms. The highest BCUT2D eigenvalue weighted by Crippen LogP contribution is 2.36. The third kappa shape index (κ3) is 3.24. The van der Waals surface area contributed by atoms with Crippen molar-refractivity contribution in [3.05, 3.63) is 65.9 Å². The first kappa shape index (κ1) is 17.4. The zero-order chi connectivity index (χ0) is 17.8. The van der Waals surface area contributed by atoms with Crippen LogP contribution in [-0.4, -0.2) is 30.9 Å². The van der Waals surface area contributed by atoms with E-state index in [1.165, 1.54) is 0 Å². The van der Waals surface area contributed by atoms with Gasteiger partial charge in [-0.05, 0) is 18.2 Å². The Balaban J connectivity index is 2.20. The highest BCUT2D eigenvalue weighted by atomic mass is 79.9. The lowest BCUT2D eigenvalue weighted by molar-refractivity contribution is 0.0964. The van der Waals surface area contributed by atoms with E-state index in [1.807, 2.05) is 36.4 Å². The maximum absolute atomic E-state index is 12.9. The van der Waals surface area contributed by atoms with Crippen molar-refractivity contribution in [2.75, 3.05) is 12.4 Å².